The van der Waals surface area contributed by atoms with Crippen molar-refractivity contribution >= 4 is 15.7 Å². The zero-order valence-corrected chi connectivity index (χ0v) is 13.1. The second-order valence-electron chi connectivity index (χ2n) is 5.52. The third-order valence-corrected chi connectivity index (χ3v) is 4.64. The Morgan fingerprint density at radius 1 is 1.21 bits per heavy atom. The van der Waals surface area contributed by atoms with Crippen LogP contribution in [0.2, 0.25) is 0 Å². The minimum Gasteiger partial charge on any atom is -0.343 e. The quantitative estimate of drug-likeness (QED) is 0.750. The standard InChI is InChI=1S/C13H26N2O3S/c1-12(15-8-6-4-5-7-9-15)13(16)14(2)10-11-19(3,17)18/h12H,4-11H2,1-3H3/t12-/m0/s1. The van der Waals surface area contributed by atoms with Gasteiger partial charge in [0.2, 0.25) is 5.91 Å². The number of carbonyl (C=O) groups is 1. The van der Waals surface area contributed by atoms with Gasteiger partial charge in [-0.2, -0.15) is 0 Å². The molecule has 0 unspecified atom stereocenters. The lowest BCUT2D eigenvalue weighted by Crippen LogP contribution is -2.47. The first kappa shape index (κ1) is 16.4. The van der Waals surface area contributed by atoms with Gasteiger partial charge in [0.15, 0.2) is 0 Å². The molecular formula is C13H26N2O3S. The summed E-state index contributed by atoms with van der Waals surface area (Å²) in [5.41, 5.74) is 0. The molecule has 112 valence electrons. The average Bonchev–Trinajstić information content (AvgIpc) is 2.62. The van der Waals surface area contributed by atoms with Gasteiger partial charge >= 0.3 is 0 Å². The van der Waals surface area contributed by atoms with Crippen LogP contribution in [0, 0.1) is 0 Å². The average molecular weight is 290 g/mol. The molecular weight excluding hydrogens is 264 g/mol. The third-order valence-electron chi connectivity index (χ3n) is 3.72. The van der Waals surface area contributed by atoms with E-state index in [9.17, 15) is 13.2 Å². The molecule has 1 amide bonds. The van der Waals surface area contributed by atoms with Gasteiger partial charge < -0.3 is 4.90 Å². The zero-order valence-electron chi connectivity index (χ0n) is 12.3. The SMILES string of the molecule is C[C@@H](C(=O)N(C)CCS(C)(=O)=O)N1CCCCCC1. The number of hydrogen-bond acceptors (Lipinski definition) is 4. The Kier molecular flexibility index (Phi) is 6.26. The Morgan fingerprint density at radius 3 is 2.21 bits per heavy atom. The second-order valence-corrected chi connectivity index (χ2v) is 7.78. The number of rotatable bonds is 5. The van der Waals surface area contributed by atoms with E-state index in [4.69, 9.17) is 0 Å². The molecule has 0 aromatic rings. The largest absolute Gasteiger partial charge is 0.343 e. The van der Waals surface area contributed by atoms with Crippen molar-refractivity contribution in [1.29, 1.82) is 0 Å². The van der Waals surface area contributed by atoms with Crippen molar-refractivity contribution in [2.45, 2.75) is 38.6 Å². The number of amides is 1. The van der Waals surface area contributed by atoms with Gasteiger partial charge in [-0.3, -0.25) is 9.69 Å². The van der Waals surface area contributed by atoms with Gasteiger partial charge in [-0.15, -0.1) is 0 Å². The Labute approximate surface area is 116 Å². The van der Waals surface area contributed by atoms with Crippen LogP contribution >= 0.6 is 0 Å². The highest BCUT2D eigenvalue weighted by Gasteiger charge is 2.24. The van der Waals surface area contributed by atoms with E-state index in [0.29, 0.717) is 0 Å². The Bertz CT molecular complexity index is 387. The van der Waals surface area contributed by atoms with Crippen LogP contribution in [0.3, 0.4) is 0 Å². The fraction of sp³-hybridized carbons (Fsp3) is 0.923. The number of nitrogens with zero attached hydrogens (tertiary/aromatic N) is 2. The molecule has 6 heteroatoms. The molecule has 1 rings (SSSR count). The van der Waals surface area contributed by atoms with Gasteiger partial charge in [-0.05, 0) is 32.9 Å². The van der Waals surface area contributed by atoms with E-state index in [-0.39, 0.29) is 24.2 Å². The monoisotopic (exact) mass is 290 g/mol. The maximum Gasteiger partial charge on any atom is 0.239 e. The van der Waals surface area contributed by atoms with Crippen LogP contribution < -0.4 is 0 Å². The van der Waals surface area contributed by atoms with E-state index in [0.717, 1.165) is 25.9 Å². The first-order valence-electron chi connectivity index (χ1n) is 6.98. The number of carbonyl (C=O) groups excluding carboxylic acids is 1. The molecule has 0 spiro atoms. The first-order valence-corrected chi connectivity index (χ1v) is 9.04. The fourth-order valence-electron chi connectivity index (χ4n) is 2.37. The normalized spacial score (nSPS) is 19.7. The highest BCUT2D eigenvalue weighted by Crippen LogP contribution is 2.13. The fourth-order valence-corrected chi connectivity index (χ4v) is 2.98. The van der Waals surface area contributed by atoms with Gasteiger partial charge in [0.25, 0.3) is 0 Å². The topological polar surface area (TPSA) is 57.7 Å². The summed E-state index contributed by atoms with van der Waals surface area (Å²) in [5.74, 6) is 0.0488. The van der Waals surface area contributed by atoms with Crippen molar-refractivity contribution in [2.75, 3.05) is 38.7 Å². The molecule has 1 atom stereocenters. The molecule has 0 bridgehead atoms. The number of likely N-dealkylation sites (N-methyl/N-ethyl adjacent to an activating group) is 1. The molecule has 1 aliphatic rings. The summed E-state index contributed by atoms with van der Waals surface area (Å²) in [5, 5.41) is 0. The predicted molar refractivity (Wildman–Crippen MR) is 76.9 cm³/mol. The maximum atomic E-state index is 12.3. The van der Waals surface area contributed by atoms with E-state index in [1.54, 1.807) is 7.05 Å². The number of sulfone groups is 1. The molecule has 0 N–H and O–H groups in total. The van der Waals surface area contributed by atoms with E-state index in [1.165, 1.54) is 24.0 Å². The molecule has 1 aliphatic heterocycles. The first-order chi connectivity index (χ1) is 8.81. The third kappa shape index (κ3) is 5.91. The lowest BCUT2D eigenvalue weighted by atomic mass is 10.2. The molecule has 0 saturated carbocycles. The van der Waals surface area contributed by atoms with Crippen molar-refractivity contribution in [2.24, 2.45) is 0 Å². The second kappa shape index (κ2) is 7.24. The highest BCUT2D eigenvalue weighted by atomic mass is 32.2. The van der Waals surface area contributed by atoms with Crippen LogP contribution in [-0.2, 0) is 14.6 Å². The smallest absolute Gasteiger partial charge is 0.239 e. The minimum absolute atomic E-state index is 0.0190. The summed E-state index contributed by atoms with van der Waals surface area (Å²) in [6.45, 7) is 4.13. The molecule has 0 aliphatic carbocycles. The van der Waals surface area contributed by atoms with Crippen LogP contribution in [0.4, 0.5) is 0 Å². The Morgan fingerprint density at radius 2 is 1.74 bits per heavy atom. The van der Waals surface area contributed by atoms with E-state index in [2.05, 4.69) is 4.90 Å². The maximum absolute atomic E-state index is 12.3. The highest BCUT2D eigenvalue weighted by molar-refractivity contribution is 7.90. The summed E-state index contributed by atoms with van der Waals surface area (Å²) >= 11 is 0. The summed E-state index contributed by atoms with van der Waals surface area (Å²) in [6.07, 6.45) is 5.96. The van der Waals surface area contributed by atoms with Crippen molar-refractivity contribution in [3.05, 3.63) is 0 Å². The van der Waals surface area contributed by atoms with Crippen LogP contribution in [0.5, 0.6) is 0 Å². The van der Waals surface area contributed by atoms with E-state index in [1.807, 2.05) is 6.92 Å². The van der Waals surface area contributed by atoms with Crippen molar-refractivity contribution in [3.8, 4) is 0 Å². The lowest BCUT2D eigenvalue weighted by Gasteiger charge is -2.30. The predicted octanol–water partition coefficient (Wildman–Crippen LogP) is 0.754. The van der Waals surface area contributed by atoms with Crippen molar-refractivity contribution < 1.29 is 13.2 Å². The van der Waals surface area contributed by atoms with Gasteiger partial charge in [0.05, 0.1) is 11.8 Å². The van der Waals surface area contributed by atoms with Gasteiger partial charge in [0, 0.05) is 19.8 Å². The molecule has 19 heavy (non-hydrogen) atoms. The minimum atomic E-state index is -3.02. The molecule has 1 saturated heterocycles. The van der Waals surface area contributed by atoms with Crippen LogP contribution in [0.15, 0.2) is 0 Å². The summed E-state index contributed by atoms with van der Waals surface area (Å²) in [6, 6.07) is -0.150. The van der Waals surface area contributed by atoms with Crippen molar-refractivity contribution in [3.63, 3.8) is 0 Å². The van der Waals surface area contributed by atoms with Gasteiger partial charge in [-0.1, -0.05) is 12.8 Å². The molecule has 0 radical (unpaired) electrons. The van der Waals surface area contributed by atoms with E-state index >= 15 is 0 Å². The Balaban J connectivity index is 2.50. The molecule has 5 nitrogen and oxygen atoms in total. The van der Waals surface area contributed by atoms with Gasteiger partial charge in [-0.25, -0.2) is 8.42 Å². The van der Waals surface area contributed by atoms with E-state index < -0.39 is 9.84 Å². The molecule has 1 fully saturated rings. The number of hydrogen-bond donors (Lipinski definition) is 0. The Hall–Kier alpha value is -0.620. The molecule has 0 aromatic heterocycles. The zero-order chi connectivity index (χ0) is 14.5. The van der Waals surface area contributed by atoms with Gasteiger partial charge in [0.1, 0.15) is 9.84 Å². The molecule has 1 heterocycles. The van der Waals surface area contributed by atoms with Crippen molar-refractivity contribution in [1.82, 2.24) is 9.80 Å². The lowest BCUT2D eigenvalue weighted by molar-refractivity contribution is -0.134. The number of likely N-dealkylation sites (tertiary alicyclic amines) is 1. The van der Waals surface area contributed by atoms with Crippen LogP contribution in [0.25, 0.3) is 0 Å². The summed E-state index contributed by atoms with van der Waals surface area (Å²) < 4.78 is 22.3. The van der Waals surface area contributed by atoms with Crippen LogP contribution in [0.1, 0.15) is 32.6 Å². The molecule has 0 aromatic carbocycles. The summed E-state index contributed by atoms with van der Waals surface area (Å²) in [7, 11) is -1.33. The summed E-state index contributed by atoms with van der Waals surface area (Å²) in [4.78, 5) is 16.0. The van der Waals surface area contributed by atoms with Crippen LogP contribution in [-0.4, -0.2) is 68.9 Å².